The summed E-state index contributed by atoms with van der Waals surface area (Å²) in [6, 6.07) is 16.5. The number of para-hydroxylation sites is 1. The number of carbonyl (C=O) groups excluding carboxylic acids is 1. The molecule has 28 heavy (non-hydrogen) atoms. The van der Waals surface area contributed by atoms with E-state index in [1.807, 2.05) is 35.2 Å². The van der Waals surface area contributed by atoms with E-state index in [0.717, 1.165) is 35.4 Å². The SMILES string of the molecule is O=C(CCNc1cccc2cccnc12)N1CCN(c2ccc(F)cc2)CC1. The van der Waals surface area contributed by atoms with Crippen molar-refractivity contribution in [3.63, 3.8) is 0 Å². The molecule has 0 spiro atoms. The van der Waals surface area contributed by atoms with Crippen LogP contribution in [0.5, 0.6) is 0 Å². The van der Waals surface area contributed by atoms with Crippen LogP contribution in [0.1, 0.15) is 6.42 Å². The van der Waals surface area contributed by atoms with Crippen LogP contribution in [0.4, 0.5) is 15.8 Å². The van der Waals surface area contributed by atoms with Gasteiger partial charge in [0.15, 0.2) is 0 Å². The van der Waals surface area contributed by atoms with Crippen LogP contribution >= 0.6 is 0 Å². The Morgan fingerprint density at radius 3 is 2.54 bits per heavy atom. The summed E-state index contributed by atoms with van der Waals surface area (Å²) < 4.78 is 13.1. The number of pyridine rings is 1. The third-order valence-corrected chi connectivity index (χ3v) is 5.11. The molecule has 0 atom stereocenters. The predicted octanol–water partition coefficient (Wildman–Crippen LogP) is 3.52. The first kappa shape index (κ1) is 18.2. The highest BCUT2D eigenvalue weighted by molar-refractivity contribution is 5.90. The smallest absolute Gasteiger partial charge is 0.224 e. The number of halogens is 1. The lowest BCUT2D eigenvalue weighted by Gasteiger charge is -2.36. The van der Waals surface area contributed by atoms with E-state index >= 15 is 0 Å². The first-order chi connectivity index (χ1) is 13.7. The molecule has 0 radical (unpaired) electrons. The number of nitrogens with one attached hydrogen (secondary N) is 1. The first-order valence-electron chi connectivity index (χ1n) is 9.56. The van der Waals surface area contributed by atoms with Gasteiger partial charge in [-0.2, -0.15) is 0 Å². The van der Waals surface area contributed by atoms with Gasteiger partial charge in [-0.25, -0.2) is 4.39 Å². The largest absolute Gasteiger partial charge is 0.383 e. The molecule has 1 aromatic heterocycles. The van der Waals surface area contributed by atoms with Gasteiger partial charge in [-0.3, -0.25) is 9.78 Å². The number of fused-ring (bicyclic) bond motifs is 1. The second-order valence-corrected chi connectivity index (χ2v) is 6.90. The van der Waals surface area contributed by atoms with E-state index in [9.17, 15) is 9.18 Å². The summed E-state index contributed by atoms with van der Waals surface area (Å²) in [5.41, 5.74) is 2.87. The van der Waals surface area contributed by atoms with Crippen molar-refractivity contribution >= 4 is 28.2 Å². The van der Waals surface area contributed by atoms with Crippen molar-refractivity contribution in [3.05, 3.63) is 66.6 Å². The molecule has 1 N–H and O–H groups in total. The average molecular weight is 378 g/mol. The number of hydrogen-bond acceptors (Lipinski definition) is 4. The van der Waals surface area contributed by atoms with Crippen LogP contribution in [0.3, 0.4) is 0 Å². The summed E-state index contributed by atoms with van der Waals surface area (Å²) in [5.74, 6) is -0.0779. The summed E-state index contributed by atoms with van der Waals surface area (Å²) in [4.78, 5) is 21.1. The zero-order valence-electron chi connectivity index (χ0n) is 15.6. The summed E-state index contributed by atoms with van der Waals surface area (Å²) in [6.07, 6.45) is 2.22. The van der Waals surface area contributed by atoms with Crippen LogP contribution in [0, 0.1) is 5.82 Å². The van der Waals surface area contributed by atoms with E-state index in [0.29, 0.717) is 26.1 Å². The zero-order valence-corrected chi connectivity index (χ0v) is 15.6. The van der Waals surface area contributed by atoms with E-state index in [2.05, 4.69) is 15.2 Å². The Labute approximate surface area is 163 Å². The molecule has 5 nitrogen and oxygen atoms in total. The van der Waals surface area contributed by atoms with Gasteiger partial charge in [-0.05, 0) is 36.4 Å². The second kappa shape index (κ2) is 8.25. The molecule has 2 aromatic carbocycles. The number of amides is 1. The third kappa shape index (κ3) is 4.06. The number of piperazine rings is 1. The molecule has 6 heteroatoms. The molecule has 1 saturated heterocycles. The Bertz CT molecular complexity index is 947. The number of hydrogen-bond donors (Lipinski definition) is 1. The quantitative estimate of drug-likeness (QED) is 0.738. The van der Waals surface area contributed by atoms with Crippen LogP contribution in [-0.4, -0.2) is 48.5 Å². The molecule has 1 aliphatic heterocycles. The first-order valence-corrected chi connectivity index (χ1v) is 9.56. The number of rotatable bonds is 5. The summed E-state index contributed by atoms with van der Waals surface area (Å²) in [6.45, 7) is 3.47. The van der Waals surface area contributed by atoms with Crippen LogP contribution in [0.15, 0.2) is 60.8 Å². The molecular formula is C22H23FN4O. The molecule has 0 aliphatic carbocycles. The van der Waals surface area contributed by atoms with Crippen LogP contribution in [0.25, 0.3) is 10.9 Å². The molecule has 0 bridgehead atoms. The lowest BCUT2D eigenvalue weighted by Crippen LogP contribution is -2.49. The van der Waals surface area contributed by atoms with E-state index in [-0.39, 0.29) is 11.7 Å². The van der Waals surface area contributed by atoms with Crippen LogP contribution < -0.4 is 10.2 Å². The minimum absolute atomic E-state index is 0.152. The highest BCUT2D eigenvalue weighted by atomic mass is 19.1. The van der Waals surface area contributed by atoms with Crippen LogP contribution in [0.2, 0.25) is 0 Å². The highest BCUT2D eigenvalue weighted by Gasteiger charge is 2.21. The fraction of sp³-hybridized carbons (Fsp3) is 0.273. The Morgan fingerprint density at radius 2 is 1.75 bits per heavy atom. The Kier molecular flexibility index (Phi) is 5.37. The number of nitrogens with zero attached hydrogens (tertiary/aromatic N) is 3. The minimum Gasteiger partial charge on any atom is -0.383 e. The van der Waals surface area contributed by atoms with Crippen LogP contribution in [-0.2, 0) is 4.79 Å². The molecule has 0 unspecified atom stereocenters. The van der Waals surface area contributed by atoms with Crippen molar-refractivity contribution in [3.8, 4) is 0 Å². The molecule has 3 aromatic rings. The lowest BCUT2D eigenvalue weighted by molar-refractivity contribution is -0.131. The standard InChI is InChI=1S/C22H23FN4O/c23-18-6-8-19(9-7-18)26-13-15-27(16-14-26)21(28)10-12-24-20-5-1-3-17-4-2-11-25-22(17)20/h1-9,11,24H,10,12-16H2. The zero-order chi connectivity index (χ0) is 19.3. The summed E-state index contributed by atoms with van der Waals surface area (Å²) in [5, 5.41) is 4.42. The fourth-order valence-corrected chi connectivity index (χ4v) is 3.58. The number of anilines is 2. The Balaban J connectivity index is 1.27. The topological polar surface area (TPSA) is 48.5 Å². The van der Waals surface area contributed by atoms with Gasteiger partial charge < -0.3 is 15.1 Å². The van der Waals surface area contributed by atoms with Gasteiger partial charge in [0.25, 0.3) is 0 Å². The maximum atomic E-state index is 13.1. The van der Waals surface area contributed by atoms with Gasteiger partial charge >= 0.3 is 0 Å². The van der Waals surface area contributed by atoms with Crippen molar-refractivity contribution in [2.75, 3.05) is 42.9 Å². The van der Waals surface area contributed by atoms with Gasteiger partial charge in [0.1, 0.15) is 5.82 Å². The van der Waals surface area contributed by atoms with Crippen molar-refractivity contribution in [1.29, 1.82) is 0 Å². The third-order valence-electron chi connectivity index (χ3n) is 5.11. The van der Waals surface area contributed by atoms with Crippen molar-refractivity contribution in [2.45, 2.75) is 6.42 Å². The van der Waals surface area contributed by atoms with Gasteiger partial charge in [-0.1, -0.05) is 18.2 Å². The van der Waals surface area contributed by atoms with Crippen molar-refractivity contribution in [2.24, 2.45) is 0 Å². The van der Waals surface area contributed by atoms with Gasteiger partial charge in [0.05, 0.1) is 11.2 Å². The van der Waals surface area contributed by atoms with E-state index < -0.39 is 0 Å². The minimum atomic E-state index is -0.230. The van der Waals surface area contributed by atoms with Crippen molar-refractivity contribution < 1.29 is 9.18 Å². The molecule has 144 valence electrons. The Morgan fingerprint density at radius 1 is 1.00 bits per heavy atom. The number of benzene rings is 2. The van der Waals surface area contributed by atoms with E-state index in [1.165, 1.54) is 12.1 Å². The lowest BCUT2D eigenvalue weighted by atomic mass is 10.2. The summed E-state index contributed by atoms with van der Waals surface area (Å²) in [7, 11) is 0. The van der Waals surface area contributed by atoms with Gasteiger partial charge in [-0.15, -0.1) is 0 Å². The highest BCUT2D eigenvalue weighted by Crippen LogP contribution is 2.21. The van der Waals surface area contributed by atoms with Crippen molar-refractivity contribution in [1.82, 2.24) is 9.88 Å². The molecule has 2 heterocycles. The molecule has 4 rings (SSSR count). The number of aromatic nitrogens is 1. The Hall–Kier alpha value is -3.15. The molecule has 1 amide bonds. The van der Waals surface area contributed by atoms with Gasteiger partial charge in [0, 0.05) is 56.4 Å². The molecular weight excluding hydrogens is 355 g/mol. The molecule has 0 saturated carbocycles. The maximum Gasteiger partial charge on any atom is 0.224 e. The summed E-state index contributed by atoms with van der Waals surface area (Å²) >= 11 is 0. The predicted molar refractivity (Wildman–Crippen MR) is 110 cm³/mol. The molecule has 1 aliphatic rings. The normalized spacial score (nSPS) is 14.3. The molecule has 1 fully saturated rings. The van der Waals surface area contributed by atoms with E-state index in [1.54, 1.807) is 18.3 Å². The average Bonchev–Trinajstić information content (AvgIpc) is 2.74. The number of carbonyl (C=O) groups is 1. The van der Waals surface area contributed by atoms with Gasteiger partial charge in [0.2, 0.25) is 5.91 Å². The maximum absolute atomic E-state index is 13.1. The fourth-order valence-electron chi connectivity index (χ4n) is 3.58. The second-order valence-electron chi connectivity index (χ2n) is 6.90. The van der Waals surface area contributed by atoms with E-state index in [4.69, 9.17) is 0 Å². The monoisotopic (exact) mass is 378 g/mol.